The molecule has 0 saturated heterocycles. The normalized spacial score (nSPS) is 10.6. The Morgan fingerprint density at radius 2 is 2.11 bits per heavy atom. The predicted molar refractivity (Wildman–Crippen MR) is 78.1 cm³/mol. The van der Waals surface area contributed by atoms with Gasteiger partial charge in [-0.15, -0.1) is 11.8 Å². The van der Waals surface area contributed by atoms with Crippen molar-refractivity contribution in [1.82, 2.24) is 4.98 Å². The first kappa shape index (κ1) is 15.2. The summed E-state index contributed by atoms with van der Waals surface area (Å²) in [4.78, 5) is 16.7. The third-order valence-electron chi connectivity index (χ3n) is 2.85. The molecule has 0 aliphatic heterocycles. The van der Waals surface area contributed by atoms with E-state index in [2.05, 4.69) is 18.0 Å². The van der Waals surface area contributed by atoms with Crippen LogP contribution in [0.15, 0.2) is 23.4 Å². The van der Waals surface area contributed by atoms with Crippen molar-refractivity contribution < 1.29 is 4.79 Å². The summed E-state index contributed by atoms with van der Waals surface area (Å²) in [7, 11) is 0. The second kappa shape index (κ2) is 9.15. The van der Waals surface area contributed by atoms with Crippen molar-refractivity contribution in [3.63, 3.8) is 0 Å². The molecule has 0 spiro atoms. The van der Waals surface area contributed by atoms with Crippen molar-refractivity contribution in [3.05, 3.63) is 24.0 Å². The van der Waals surface area contributed by atoms with Crippen molar-refractivity contribution in [2.75, 3.05) is 5.75 Å². The van der Waals surface area contributed by atoms with Crippen LogP contribution in [0.4, 0.5) is 0 Å². The quantitative estimate of drug-likeness (QED) is 0.493. The fourth-order valence-electron chi connectivity index (χ4n) is 1.70. The molecule has 0 bridgehead atoms. The van der Waals surface area contributed by atoms with Crippen molar-refractivity contribution >= 4 is 17.5 Å². The molecule has 0 saturated carbocycles. The molecule has 0 fully saturated rings. The van der Waals surface area contributed by atoms with Gasteiger partial charge in [0.05, 0.1) is 0 Å². The maximum Gasteiger partial charge on any atom is 0.132 e. The minimum atomic E-state index is 0.366. The zero-order chi connectivity index (χ0) is 13.2. The highest BCUT2D eigenvalue weighted by molar-refractivity contribution is 7.99. The number of unbranched alkanes of at least 4 members (excludes halogenated alkanes) is 1. The summed E-state index contributed by atoms with van der Waals surface area (Å²) in [5.74, 6) is 1.37. The van der Waals surface area contributed by atoms with E-state index >= 15 is 0 Å². The van der Waals surface area contributed by atoms with E-state index in [-0.39, 0.29) is 0 Å². The van der Waals surface area contributed by atoms with Gasteiger partial charge < -0.3 is 0 Å². The third kappa shape index (κ3) is 6.20. The molecule has 0 amide bonds. The summed E-state index contributed by atoms with van der Waals surface area (Å²) < 4.78 is 0. The molecular weight excluding hydrogens is 242 g/mol. The van der Waals surface area contributed by atoms with Gasteiger partial charge in [0.15, 0.2) is 0 Å². The Labute approximate surface area is 115 Å². The Bertz CT molecular complexity index is 365. The molecule has 1 aromatic heterocycles. The van der Waals surface area contributed by atoms with Crippen LogP contribution in [0.2, 0.25) is 0 Å². The molecule has 1 rings (SSSR count). The second-order valence-corrected chi connectivity index (χ2v) is 5.65. The largest absolute Gasteiger partial charge is 0.300 e. The monoisotopic (exact) mass is 265 g/mol. The molecule has 0 aliphatic carbocycles. The Balaban J connectivity index is 2.31. The highest BCUT2D eigenvalue weighted by Crippen LogP contribution is 2.20. The number of rotatable bonds is 9. The van der Waals surface area contributed by atoms with E-state index < -0.39 is 0 Å². The lowest BCUT2D eigenvalue weighted by Crippen LogP contribution is -1.95. The molecule has 0 aliphatic rings. The van der Waals surface area contributed by atoms with Gasteiger partial charge in [-0.25, -0.2) is 0 Å². The van der Waals surface area contributed by atoms with E-state index in [0.29, 0.717) is 18.6 Å². The molecule has 0 unspecified atom stereocenters. The van der Waals surface area contributed by atoms with Gasteiger partial charge in [-0.2, -0.15) is 0 Å². The van der Waals surface area contributed by atoms with E-state index in [1.807, 2.05) is 19.3 Å². The number of Topliss-reactive ketones (excluding diaryl/α,β-unsaturated/α-hetero) is 1. The average molecular weight is 265 g/mol. The lowest BCUT2D eigenvalue weighted by atomic mass is 10.1. The summed E-state index contributed by atoms with van der Waals surface area (Å²) >= 11 is 1.81. The van der Waals surface area contributed by atoms with Crippen LogP contribution in [0.25, 0.3) is 0 Å². The summed E-state index contributed by atoms with van der Waals surface area (Å²) in [6.45, 7) is 4.13. The van der Waals surface area contributed by atoms with E-state index in [4.69, 9.17) is 0 Å². The third-order valence-corrected chi connectivity index (χ3v) is 3.90. The lowest BCUT2D eigenvalue weighted by Gasteiger charge is -2.04. The Hall–Kier alpha value is -0.830. The average Bonchev–Trinajstić information content (AvgIpc) is 2.41. The highest BCUT2D eigenvalue weighted by atomic mass is 32.2. The van der Waals surface area contributed by atoms with E-state index in [1.165, 1.54) is 23.3 Å². The number of carbonyl (C=O) groups excluding carboxylic acids is 1. The maximum atomic E-state index is 11.2. The van der Waals surface area contributed by atoms with Gasteiger partial charge >= 0.3 is 0 Å². The number of carbonyl (C=O) groups is 1. The van der Waals surface area contributed by atoms with Crippen LogP contribution >= 0.6 is 11.8 Å². The Kier molecular flexibility index (Phi) is 7.74. The van der Waals surface area contributed by atoms with Crippen molar-refractivity contribution in [1.29, 1.82) is 0 Å². The van der Waals surface area contributed by atoms with Crippen LogP contribution in [0, 0.1) is 0 Å². The zero-order valence-electron chi connectivity index (χ0n) is 11.4. The van der Waals surface area contributed by atoms with Gasteiger partial charge in [-0.3, -0.25) is 9.78 Å². The van der Waals surface area contributed by atoms with Gasteiger partial charge in [0.1, 0.15) is 5.78 Å². The van der Waals surface area contributed by atoms with Crippen LogP contribution in [0.5, 0.6) is 0 Å². The standard InChI is InChI=1S/C15H23NOS/c1-3-5-7-13-10-15(12-16-11-13)18-9-6-8-14(17)4-2/h10-12H,3-9H2,1-2H3. The number of aromatic nitrogens is 1. The number of thioether (sulfide) groups is 1. The number of hydrogen-bond acceptors (Lipinski definition) is 3. The number of hydrogen-bond donors (Lipinski definition) is 0. The van der Waals surface area contributed by atoms with E-state index in [1.54, 1.807) is 11.8 Å². The Morgan fingerprint density at radius 3 is 2.83 bits per heavy atom. The number of ketones is 1. The van der Waals surface area contributed by atoms with Gasteiger partial charge in [0.25, 0.3) is 0 Å². The smallest absolute Gasteiger partial charge is 0.132 e. The van der Waals surface area contributed by atoms with Crippen molar-refractivity contribution in [3.8, 4) is 0 Å². The molecule has 2 nitrogen and oxygen atoms in total. The first-order valence-corrected chi connectivity index (χ1v) is 7.83. The number of nitrogens with zero attached hydrogens (tertiary/aromatic N) is 1. The molecule has 0 atom stereocenters. The topological polar surface area (TPSA) is 30.0 Å². The minimum Gasteiger partial charge on any atom is -0.300 e. The first-order chi connectivity index (χ1) is 8.76. The summed E-state index contributed by atoms with van der Waals surface area (Å²) in [5, 5.41) is 0. The van der Waals surface area contributed by atoms with Crippen LogP contribution < -0.4 is 0 Å². The molecule has 0 N–H and O–H groups in total. The van der Waals surface area contributed by atoms with Crippen LogP contribution in [0.1, 0.15) is 51.5 Å². The molecule has 0 radical (unpaired) electrons. The molecule has 1 aromatic rings. The van der Waals surface area contributed by atoms with Crippen molar-refractivity contribution in [2.45, 2.75) is 57.3 Å². The fraction of sp³-hybridized carbons (Fsp3) is 0.600. The van der Waals surface area contributed by atoms with Crippen LogP contribution in [0.3, 0.4) is 0 Å². The fourth-order valence-corrected chi connectivity index (χ4v) is 2.59. The summed E-state index contributed by atoms with van der Waals surface area (Å²) in [5.41, 5.74) is 1.33. The van der Waals surface area contributed by atoms with Gasteiger partial charge in [0, 0.05) is 30.1 Å². The van der Waals surface area contributed by atoms with Crippen LogP contribution in [-0.4, -0.2) is 16.5 Å². The molecule has 0 aromatic carbocycles. The van der Waals surface area contributed by atoms with Crippen LogP contribution in [-0.2, 0) is 11.2 Å². The summed E-state index contributed by atoms with van der Waals surface area (Å²) in [6.07, 6.45) is 9.79. The summed E-state index contributed by atoms with van der Waals surface area (Å²) in [6, 6.07) is 2.23. The molecule has 3 heteroatoms. The minimum absolute atomic E-state index is 0.366. The van der Waals surface area contributed by atoms with Crippen molar-refractivity contribution in [2.24, 2.45) is 0 Å². The van der Waals surface area contributed by atoms with Gasteiger partial charge in [0.2, 0.25) is 0 Å². The molecule has 18 heavy (non-hydrogen) atoms. The predicted octanol–water partition coefficient (Wildman–Crippen LogP) is 4.28. The lowest BCUT2D eigenvalue weighted by molar-refractivity contribution is -0.118. The molecule has 100 valence electrons. The molecule has 1 heterocycles. The van der Waals surface area contributed by atoms with E-state index in [9.17, 15) is 4.79 Å². The maximum absolute atomic E-state index is 11.2. The Morgan fingerprint density at radius 1 is 1.28 bits per heavy atom. The van der Waals surface area contributed by atoms with Gasteiger partial charge in [-0.05, 0) is 36.6 Å². The SMILES string of the molecule is CCCCc1cncc(SCCCC(=O)CC)c1. The molecular formula is C15H23NOS. The van der Waals surface area contributed by atoms with E-state index in [0.717, 1.165) is 18.6 Å². The second-order valence-electron chi connectivity index (χ2n) is 4.48. The van der Waals surface area contributed by atoms with Gasteiger partial charge in [-0.1, -0.05) is 20.3 Å². The number of pyridine rings is 1. The number of aryl methyl sites for hydroxylation is 1. The highest BCUT2D eigenvalue weighted by Gasteiger charge is 2.00. The first-order valence-electron chi connectivity index (χ1n) is 6.84. The zero-order valence-corrected chi connectivity index (χ0v) is 12.3.